The second-order valence-electron chi connectivity index (χ2n) is 9.19. The third-order valence-corrected chi connectivity index (χ3v) is 7.23. The van der Waals surface area contributed by atoms with Gasteiger partial charge in [-0.15, -0.1) is 0 Å². The molecular weight excluding hydrogens is 396 g/mol. The van der Waals surface area contributed by atoms with Crippen molar-refractivity contribution in [3.05, 3.63) is 30.3 Å². The predicted octanol–water partition coefficient (Wildman–Crippen LogP) is 1.29. The molecule has 4 aliphatic rings. The number of nitrogens with zero attached hydrogens (tertiary/aromatic N) is 2. The summed E-state index contributed by atoms with van der Waals surface area (Å²) < 4.78 is 11.9. The summed E-state index contributed by atoms with van der Waals surface area (Å²) in [7, 11) is 0. The van der Waals surface area contributed by atoms with Gasteiger partial charge in [0.1, 0.15) is 6.10 Å². The molecule has 8 heteroatoms. The molecule has 4 fully saturated rings. The van der Waals surface area contributed by atoms with Gasteiger partial charge in [-0.1, -0.05) is 37.5 Å². The fourth-order valence-electron chi connectivity index (χ4n) is 5.51. The molecule has 0 spiro atoms. The number of carbonyl (C=O) groups is 1. The van der Waals surface area contributed by atoms with Gasteiger partial charge in [-0.3, -0.25) is 4.90 Å². The molecule has 0 radical (unpaired) electrons. The smallest absolute Gasteiger partial charge is 0.315 e. The molecule has 2 amide bonds. The van der Waals surface area contributed by atoms with Crippen LogP contribution in [0.4, 0.5) is 10.5 Å². The molecular formula is C23H34N4O4. The molecule has 1 aliphatic carbocycles. The molecule has 8 nitrogen and oxygen atoms in total. The van der Waals surface area contributed by atoms with Crippen molar-refractivity contribution < 1.29 is 19.4 Å². The first-order chi connectivity index (χ1) is 15.2. The van der Waals surface area contributed by atoms with Gasteiger partial charge in [0.25, 0.3) is 0 Å². The lowest BCUT2D eigenvalue weighted by Crippen LogP contribution is -2.68. The summed E-state index contributed by atoms with van der Waals surface area (Å²) in [6, 6.07) is 9.66. The van der Waals surface area contributed by atoms with E-state index in [0.717, 1.165) is 51.9 Å². The summed E-state index contributed by atoms with van der Waals surface area (Å²) in [5.74, 6) is 0. The molecule has 1 saturated carbocycles. The van der Waals surface area contributed by atoms with Crippen molar-refractivity contribution in [3.63, 3.8) is 0 Å². The number of fused-ring (bicyclic) bond motifs is 2. The number of anilines is 1. The van der Waals surface area contributed by atoms with E-state index >= 15 is 0 Å². The Morgan fingerprint density at radius 3 is 2.48 bits per heavy atom. The summed E-state index contributed by atoms with van der Waals surface area (Å²) in [4.78, 5) is 17.2. The van der Waals surface area contributed by atoms with Gasteiger partial charge in [0.2, 0.25) is 0 Å². The van der Waals surface area contributed by atoms with Gasteiger partial charge >= 0.3 is 6.03 Å². The number of para-hydroxylation sites is 1. The van der Waals surface area contributed by atoms with Crippen LogP contribution in [0.3, 0.4) is 0 Å². The Kier molecular flexibility index (Phi) is 6.31. The van der Waals surface area contributed by atoms with Crippen LogP contribution in [-0.4, -0.2) is 85.4 Å². The van der Waals surface area contributed by atoms with E-state index in [0.29, 0.717) is 6.61 Å². The number of aliphatic hydroxyl groups is 1. The van der Waals surface area contributed by atoms with Gasteiger partial charge in [-0.2, -0.15) is 0 Å². The first kappa shape index (κ1) is 21.0. The zero-order chi connectivity index (χ0) is 21.2. The molecule has 3 aliphatic heterocycles. The number of hydrogen-bond acceptors (Lipinski definition) is 6. The minimum absolute atomic E-state index is 0.211. The third-order valence-electron chi connectivity index (χ3n) is 7.23. The molecule has 170 valence electrons. The highest BCUT2D eigenvalue weighted by atomic mass is 16.7. The van der Waals surface area contributed by atoms with Crippen LogP contribution in [0.1, 0.15) is 32.1 Å². The van der Waals surface area contributed by atoms with Crippen molar-refractivity contribution in [3.8, 4) is 0 Å². The Morgan fingerprint density at radius 1 is 1.00 bits per heavy atom. The van der Waals surface area contributed by atoms with Crippen molar-refractivity contribution in [2.75, 3.05) is 37.7 Å². The highest BCUT2D eigenvalue weighted by molar-refractivity contribution is 5.74. The topological polar surface area (TPSA) is 86.3 Å². The van der Waals surface area contributed by atoms with Gasteiger partial charge < -0.3 is 30.1 Å². The van der Waals surface area contributed by atoms with E-state index in [1.807, 2.05) is 6.07 Å². The molecule has 0 aromatic heterocycles. The lowest BCUT2D eigenvalue weighted by molar-refractivity contribution is -0.181. The van der Waals surface area contributed by atoms with Gasteiger partial charge in [0, 0.05) is 37.9 Å². The second kappa shape index (κ2) is 9.32. The fraction of sp³-hybridized carbons (Fsp3) is 0.696. The maximum atomic E-state index is 12.6. The predicted molar refractivity (Wildman–Crippen MR) is 117 cm³/mol. The molecule has 0 unspecified atom stereocenters. The van der Waals surface area contributed by atoms with Crippen molar-refractivity contribution in [2.45, 2.75) is 68.7 Å². The number of urea groups is 1. The molecule has 1 aromatic carbocycles. The molecule has 2 bridgehead atoms. The number of aliphatic hydroxyl groups excluding tert-OH is 1. The zero-order valence-electron chi connectivity index (χ0n) is 18.0. The molecule has 3 saturated heterocycles. The van der Waals surface area contributed by atoms with Crippen molar-refractivity contribution >= 4 is 11.7 Å². The summed E-state index contributed by atoms with van der Waals surface area (Å²) in [5.41, 5.74) is 1.22. The number of amides is 2. The number of ether oxygens (including phenoxy) is 2. The van der Waals surface area contributed by atoms with Crippen LogP contribution < -0.4 is 15.5 Å². The minimum Gasteiger partial charge on any atom is -0.389 e. The third kappa shape index (κ3) is 4.53. The monoisotopic (exact) mass is 430 g/mol. The molecule has 31 heavy (non-hydrogen) atoms. The number of hydrogen-bond donors (Lipinski definition) is 3. The van der Waals surface area contributed by atoms with Crippen molar-refractivity contribution in [2.24, 2.45) is 0 Å². The van der Waals surface area contributed by atoms with Crippen LogP contribution in [0.15, 0.2) is 30.3 Å². The molecule has 5 rings (SSSR count). The molecule has 3 N–H and O–H groups in total. The number of benzene rings is 1. The average molecular weight is 431 g/mol. The summed E-state index contributed by atoms with van der Waals surface area (Å²) in [6.07, 6.45) is 4.15. The average Bonchev–Trinajstić information content (AvgIpc) is 3.24. The van der Waals surface area contributed by atoms with E-state index in [2.05, 4.69) is 44.7 Å². The Hall–Kier alpha value is -1.87. The Balaban J connectivity index is 1.20. The lowest BCUT2D eigenvalue weighted by Gasteiger charge is -2.47. The lowest BCUT2D eigenvalue weighted by atomic mass is 9.94. The normalized spacial score (nSPS) is 34.5. The summed E-state index contributed by atoms with van der Waals surface area (Å²) in [6.45, 7) is 3.78. The Morgan fingerprint density at radius 2 is 1.74 bits per heavy atom. The molecule has 3 heterocycles. The number of nitrogens with one attached hydrogen (secondary N) is 2. The standard InChI is InChI=1S/C23H34N4O4/c28-21-19(25-23(29)24-16-7-3-1-4-8-16)18-15-30-22(31-18)20(21)27-13-11-26(12-14-27)17-9-5-2-6-10-17/h2,5-6,9-10,16,18-22,28H,1,3-4,7-8,11-15H2,(H2,24,25,29)/t18-,19+,20-,21-,22+/m0/s1. The van der Waals surface area contributed by atoms with Gasteiger partial charge in [-0.25, -0.2) is 4.79 Å². The van der Waals surface area contributed by atoms with Crippen LogP contribution in [0, 0.1) is 0 Å². The highest BCUT2D eigenvalue weighted by Crippen LogP contribution is 2.32. The largest absolute Gasteiger partial charge is 0.389 e. The SMILES string of the molecule is O=C(NC1CCCCC1)N[C@H]1[C@H](O)[C@H](N2CCN(c3ccccc3)CC2)[C@@H]2OC[C@@H]1O2. The van der Waals surface area contributed by atoms with E-state index < -0.39 is 18.4 Å². The van der Waals surface area contributed by atoms with E-state index in [4.69, 9.17) is 9.47 Å². The van der Waals surface area contributed by atoms with Crippen molar-refractivity contribution in [1.29, 1.82) is 0 Å². The van der Waals surface area contributed by atoms with Crippen LogP contribution in [0.2, 0.25) is 0 Å². The van der Waals surface area contributed by atoms with Crippen LogP contribution in [0.25, 0.3) is 0 Å². The first-order valence-electron chi connectivity index (χ1n) is 11.8. The molecule has 5 atom stereocenters. The fourth-order valence-corrected chi connectivity index (χ4v) is 5.51. The van der Waals surface area contributed by atoms with E-state index in [1.54, 1.807) is 0 Å². The van der Waals surface area contributed by atoms with E-state index in [1.165, 1.54) is 12.1 Å². The van der Waals surface area contributed by atoms with Crippen LogP contribution in [-0.2, 0) is 9.47 Å². The van der Waals surface area contributed by atoms with Crippen molar-refractivity contribution in [1.82, 2.24) is 15.5 Å². The quantitative estimate of drug-likeness (QED) is 0.668. The van der Waals surface area contributed by atoms with Gasteiger partial charge in [0.05, 0.1) is 24.8 Å². The Labute approximate surface area is 183 Å². The molecule has 1 aromatic rings. The Bertz CT molecular complexity index is 736. The number of rotatable bonds is 4. The van der Waals surface area contributed by atoms with Gasteiger partial charge in [0.15, 0.2) is 6.29 Å². The summed E-state index contributed by atoms with van der Waals surface area (Å²) in [5, 5.41) is 17.3. The second-order valence-corrected chi connectivity index (χ2v) is 9.19. The van der Waals surface area contributed by atoms with Gasteiger partial charge in [-0.05, 0) is 25.0 Å². The highest BCUT2D eigenvalue weighted by Gasteiger charge is 2.53. The van der Waals surface area contributed by atoms with Crippen LogP contribution in [0.5, 0.6) is 0 Å². The maximum Gasteiger partial charge on any atom is 0.315 e. The van der Waals surface area contributed by atoms with E-state index in [9.17, 15) is 9.90 Å². The zero-order valence-corrected chi connectivity index (χ0v) is 18.0. The number of piperazine rings is 1. The first-order valence-corrected chi connectivity index (χ1v) is 11.8. The van der Waals surface area contributed by atoms with E-state index in [-0.39, 0.29) is 24.2 Å². The van der Waals surface area contributed by atoms with Crippen LogP contribution >= 0.6 is 0 Å². The summed E-state index contributed by atoms with van der Waals surface area (Å²) >= 11 is 0. The maximum absolute atomic E-state index is 12.6. The number of carbonyl (C=O) groups excluding carboxylic acids is 1. The minimum atomic E-state index is -0.730.